The number of nitrogens with one attached hydrogen (secondary N) is 1. The number of anilines is 1. The summed E-state index contributed by atoms with van der Waals surface area (Å²) in [6.45, 7) is 2.42. The fourth-order valence-electron chi connectivity index (χ4n) is 0.958. The van der Waals surface area contributed by atoms with Crippen LogP contribution in [0.2, 0.25) is 0 Å². The van der Waals surface area contributed by atoms with Crippen LogP contribution in [0.15, 0.2) is 28.7 Å². The largest absolute Gasteiger partial charge is 0.464 e. The van der Waals surface area contributed by atoms with Gasteiger partial charge in [0.1, 0.15) is 6.61 Å². The van der Waals surface area contributed by atoms with Crippen LogP contribution in [0.1, 0.15) is 6.92 Å². The third-order valence-corrected chi connectivity index (χ3v) is 2.11. The van der Waals surface area contributed by atoms with Gasteiger partial charge in [0.15, 0.2) is 0 Å². The van der Waals surface area contributed by atoms with Crippen LogP contribution in [0.3, 0.4) is 0 Å². The minimum Gasteiger partial charge on any atom is -0.464 e. The fraction of sp³-hybridized carbons (Fsp3) is 0.300. The summed E-state index contributed by atoms with van der Waals surface area (Å²) < 4.78 is 5.82. The molecule has 0 atom stereocenters. The van der Waals surface area contributed by atoms with Crippen LogP contribution in [-0.2, 0) is 9.53 Å². The highest BCUT2D eigenvalue weighted by atomic mass is 79.9. The Kier molecular flexibility index (Phi) is 4.46. The molecular formula is C10H12BrNO2. The topological polar surface area (TPSA) is 38.3 Å². The van der Waals surface area contributed by atoms with E-state index in [1.165, 1.54) is 6.92 Å². The molecule has 0 aromatic heterocycles. The van der Waals surface area contributed by atoms with Gasteiger partial charge in [-0.1, -0.05) is 15.9 Å². The van der Waals surface area contributed by atoms with E-state index in [0.29, 0.717) is 13.2 Å². The van der Waals surface area contributed by atoms with Crippen LogP contribution in [0, 0.1) is 0 Å². The molecular weight excluding hydrogens is 246 g/mol. The molecule has 1 aromatic rings. The van der Waals surface area contributed by atoms with Gasteiger partial charge in [0.05, 0.1) is 0 Å². The van der Waals surface area contributed by atoms with Gasteiger partial charge in [-0.15, -0.1) is 0 Å². The lowest BCUT2D eigenvalue weighted by Crippen LogP contribution is -2.11. The number of benzene rings is 1. The average molecular weight is 258 g/mol. The standard InChI is InChI=1S/C10H12BrNO2/c1-8(13)14-7-6-12-10-4-2-9(11)3-5-10/h2-5,12H,6-7H2,1H3. The molecule has 1 rings (SSSR count). The van der Waals surface area contributed by atoms with Crippen molar-refractivity contribution in [3.63, 3.8) is 0 Å². The van der Waals surface area contributed by atoms with Crippen molar-refractivity contribution >= 4 is 27.6 Å². The van der Waals surface area contributed by atoms with E-state index in [0.717, 1.165) is 10.2 Å². The molecule has 1 N–H and O–H groups in total. The first-order valence-electron chi connectivity index (χ1n) is 4.31. The number of carbonyl (C=O) groups excluding carboxylic acids is 1. The lowest BCUT2D eigenvalue weighted by Gasteiger charge is -2.06. The number of esters is 1. The zero-order valence-electron chi connectivity index (χ0n) is 7.92. The molecule has 1 aromatic carbocycles. The number of hydrogen-bond acceptors (Lipinski definition) is 3. The fourth-order valence-corrected chi connectivity index (χ4v) is 1.22. The Labute approximate surface area is 91.6 Å². The Bertz CT molecular complexity index is 297. The zero-order valence-corrected chi connectivity index (χ0v) is 9.50. The Hall–Kier alpha value is -1.03. The highest BCUT2D eigenvalue weighted by molar-refractivity contribution is 9.10. The minimum atomic E-state index is -0.248. The smallest absolute Gasteiger partial charge is 0.302 e. The number of ether oxygens (including phenoxy) is 1. The van der Waals surface area contributed by atoms with Crippen molar-refractivity contribution in [1.29, 1.82) is 0 Å². The van der Waals surface area contributed by atoms with Gasteiger partial charge in [-0.3, -0.25) is 4.79 Å². The van der Waals surface area contributed by atoms with Crippen LogP contribution >= 0.6 is 15.9 Å². The molecule has 0 radical (unpaired) electrons. The van der Waals surface area contributed by atoms with Gasteiger partial charge in [-0.25, -0.2) is 0 Å². The molecule has 0 aliphatic heterocycles. The van der Waals surface area contributed by atoms with Crippen molar-refractivity contribution in [3.05, 3.63) is 28.7 Å². The van der Waals surface area contributed by atoms with Crippen molar-refractivity contribution in [2.45, 2.75) is 6.92 Å². The van der Waals surface area contributed by atoms with Crippen LogP contribution in [0.5, 0.6) is 0 Å². The van der Waals surface area contributed by atoms with E-state index in [9.17, 15) is 4.79 Å². The van der Waals surface area contributed by atoms with Crippen LogP contribution in [-0.4, -0.2) is 19.1 Å². The first-order chi connectivity index (χ1) is 6.68. The summed E-state index contributed by atoms with van der Waals surface area (Å²) in [5, 5.41) is 3.13. The molecule has 0 amide bonds. The zero-order chi connectivity index (χ0) is 10.4. The Morgan fingerprint density at radius 1 is 1.43 bits per heavy atom. The predicted molar refractivity (Wildman–Crippen MR) is 59.3 cm³/mol. The summed E-state index contributed by atoms with van der Waals surface area (Å²) in [5.74, 6) is -0.248. The van der Waals surface area contributed by atoms with E-state index in [1.807, 2.05) is 24.3 Å². The third kappa shape index (κ3) is 4.28. The van der Waals surface area contributed by atoms with E-state index < -0.39 is 0 Å². The van der Waals surface area contributed by atoms with Crippen molar-refractivity contribution in [2.75, 3.05) is 18.5 Å². The van der Waals surface area contributed by atoms with Gasteiger partial charge in [0, 0.05) is 23.6 Å². The number of rotatable bonds is 4. The molecule has 3 nitrogen and oxygen atoms in total. The lowest BCUT2D eigenvalue weighted by atomic mass is 10.3. The second-order valence-electron chi connectivity index (χ2n) is 2.77. The van der Waals surface area contributed by atoms with Crippen molar-refractivity contribution in [3.8, 4) is 0 Å². The molecule has 14 heavy (non-hydrogen) atoms. The molecule has 0 bridgehead atoms. The Morgan fingerprint density at radius 3 is 2.64 bits per heavy atom. The molecule has 0 aliphatic rings. The van der Waals surface area contributed by atoms with E-state index in [2.05, 4.69) is 21.2 Å². The van der Waals surface area contributed by atoms with E-state index in [4.69, 9.17) is 4.74 Å². The maximum Gasteiger partial charge on any atom is 0.302 e. The maximum absolute atomic E-state index is 10.4. The minimum absolute atomic E-state index is 0.248. The van der Waals surface area contributed by atoms with Gasteiger partial charge in [0.25, 0.3) is 0 Å². The molecule has 0 saturated heterocycles. The molecule has 0 spiro atoms. The number of carbonyl (C=O) groups is 1. The summed E-state index contributed by atoms with van der Waals surface area (Å²) >= 11 is 3.35. The first-order valence-corrected chi connectivity index (χ1v) is 5.10. The maximum atomic E-state index is 10.4. The van der Waals surface area contributed by atoms with Crippen molar-refractivity contribution in [2.24, 2.45) is 0 Å². The summed E-state index contributed by atoms with van der Waals surface area (Å²) in [4.78, 5) is 10.4. The lowest BCUT2D eigenvalue weighted by molar-refractivity contribution is -0.140. The Morgan fingerprint density at radius 2 is 2.07 bits per heavy atom. The van der Waals surface area contributed by atoms with Gasteiger partial charge < -0.3 is 10.1 Å². The predicted octanol–water partition coefficient (Wildman–Crippen LogP) is 2.42. The molecule has 0 unspecified atom stereocenters. The molecule has 0 saturated carbocycles. The van der Waals surface area contributed by atoms with Gasteiger partial charge >= 0.3 is 5.97 Å². The van der Waals surface area contributed by atoms with Gasteiger partial charge in [0.2, 0.25) is 0 Å². The number of hydrogen-bond donors (Lipinski definition) is 1. The summed E-state index contributed by atoms with van der Waals surface area (Å²) in [6.07, 6.45) is 0. The highest BCUT2D eigenvalue weighted by Gasteiger charge is 1.93. The molecule has 0 heterocycles. The van der Waals surface area contributed by atoms with E-state index in [-0.39, 0.29) is 5.97 Å². The monoisotopic (exact) mass is 257 g/mol. The quantitative estimate of drug-likeness (QED) is 0.665. The molecule has 0 aliphatic carbocycles. The normalized spacial score (nSPS) is 9.57. The molecule has 0 fully saturated rings. The van der Waals surface area contributed by atoms with Gasteiger partial charge in [-0.2, -0.15) is 0 Å². The van der Waals surface area contributed by atoms with Crippen LogP contribution < -0.4 is 5.32 Å². The first kappa shape index (κ1) is 11.0. The molecule has 76 valence electrons. The molecule has 4 heteroatoms. The highest BCUT2D eigenvalue weighted by Crippen LogP contribution is 2.13. The summed E-state index contributed by atoms with van der Waals surface area (Å²) in [6, 6.07) is 7.82. The average Bonchev–Trinajstić information content (AvgIpc) is 2.15. The third-order valence-electron chi connectivity index (χ3n) is 1.58. The van der Waals surface area contributed by atoms with Crippen LogP contribution in [0.4, 0.5) is 5.69 Å². The Balaban J connectivity index is 2.25. The van der Waals surface area contributed by atoms with Gasteiger partial charge in [-0.05, 0) is 24.3 Å². The van der Waals surface area contributed by atoms with E-state index >= 15 is 0 Å². The summed E-state index contributed by atoms with van der Waals surface area (Å²) in [5.41, 5.74) is 1.01. The number of halogens is 1. The van der Waals surface area contributed by atoms with Crippen molar-refractivity contribution < 1.29 is 9.53 Å². The summed E-state index contributed by atoms with van der Waals surface area (Å²) in [7, 11) is 0. The SMILES string of the molecule is CC(=O)OCCNc1ccc(Br)cc1. The van der Waals surface area contributed by atoms with Crippen LogP contribution in [0.25, 0.3) is 0 Å². The van der Waals surface area contributed by atoms with E-state index in [1.54, 1.807) is 0 Å². The van der Waals surface area contributed by atoms with Crippen molar-refractivity contribution in [1.82, 2.24) is 0 Å². The second kappa shape index (κ2) is 5.65. The second-order valence-corrected chi connectivity index (χ2v) is 3.69.